The van der Waals surface area contributed by atoms with E-state index in [2.05, 4.69) is 39.7 Å². The third kappa shape index (κ3) is 1.79. The highest BCUT2D eigenvalue weighted by Gasteiger charge is 2.06. The van der Waals surface area contributed by atoms with Gasteiger partial charge in [0.25, 0.3) is 0 Å². The second kappa shape index (κ2) is 3.98. The van der Waals surface area contributed by atoms with Crippen LogP contribution in [0.5, 0.6) is 0 Å². The molecule has 0 fully saturated rings. The topological polar surface area (TPSA) is 42.8 Å². The van der Waals surface area contributed by atoms with Gasteiger partial charge in [0.2, 0.25) is 5.52 Å². The van der Waals surface area contributed by atoms with Crippen molar-refractivity contribution in [2.24, 2.45) is 0 Å². The average Bonchev–Trinajstić information content (AvgIpc) is 2.77. The van der Waals surface area contributed by atoms with Gasteiger partial charge in [0.1, 0.15) is 0 Å². The normalized spacial score (nSPS) is 10.8. The van der Waals surface area contributed by atoms with Crippen LogP contribution >= 0.6 is 11.8 Å². The zero-order valence-corrected chi connectivity index (χ0v) is 9.29. The van der Waals surface area contributed by atoms with Crippen LogP contribution in [0.2, 0.25) is 0 Å². The van der Waals surface area contributed by atoms with E-state index in [1.807, 2.05) is 24.3 Å². The fraction of sp³-hybridized carbons (Fsp3) is 0. The molecule has 3 aromatic rings. The van der Waals surface area contributed by atoms with E-state index in [0.29, 0.717) is 0 Å². The van der Waals surface area contributed by atoms with Gasteiger partial charge in [0.15, 0.2) is 5.52 Å². The Kier molecular flexibility index (Phi) is 2.34. The second-order valence-electron chi connectivity index (χ2n) is 3.44. The molecule has 0 aliphatic heterocycles. The highest BCUT2D eigenvalue weighted by molar-refractivity contribution is 7.99. The fourth-order valence-corrected chi connectivity index (χ4v) is 2.42. The van der Waals surface area contributed by atoms with Crippen molar-refractivity contribution in [2.45, 2.75) is 9.79 Å². The van der Waals surface area contributed by atoms with Gasteiger partial charge in [0, 0.05) is 21.0 Å². The Bertz CT molecular complexity index is 604. The predicted molar refractivity (Wildman–Crippen MR) is 63.2 cm³/mol. The van der Waals surface area contributed by atoms with Crippen molar-refractivity contribution in [3.63, 3.8) is 0 Å². The zero-order chi connectivity index (χ0) is 10.8. The van der Waals surface area contributed by atoms with E-state index in [0.717, 1.165) is 11.0 Å². The summed E-state index contributed by atoms with van der Waals surface area (Å²) in [6, 6.07) is 16.5. The summed E-state index contributed by atoms with van der Waals surface area (Å²) >= 11 is 1.74. The maximum atomic E-state index is 4.13. The number of hydrogen-bond acceptors (Lipinski definition) is 2. The smallest absolute Gasteiger partial charge is 0.169 e. The van der Waals surface area contributed by atoms with Gasteiger partial charge in [-0.05, 0) is 24.3 Å². The molecule has 1 heterocycles. The molecular formula is C12H10N3S+. The van der Waals surface area contributed by atoms with Crippen LogP contribution in [-0.2, 0) is 0 Å². The lowest BCUT2D eigenvalue weighted by Crippen LogP contribution is -2.00. The molecule has 0 amide bonds. The van der Waals surface area contributed by atoms with Crippen LogP contribution in [0.25, 0.3) is 11.0 Å². The summed E-state index contributed by atoms with van der Waals surface area (Å²) in [7, 11) is 0. The van der Waals surface area contributed by atoms with Gasteiger partial charge >= 0.3 is 0 Å². The molecule has 0 aliphatic rings. The van der Waals surface area contributed by atoms with Gasteiger partial charge in [0.05, 0.1) is 0 Å². The number of aromatic nitrogens is 3. The van der Waals surface area contributed by atoms with E-state index in [4.69, 9.17) is 0 Å². The summed E-state index contributed by atoms with van der Waals surface area (Å²) in [5.74, 6) is 0. The molecule has 0 radical (unpaired) electrons. The van der Waals surface area contributed by atoms with Crippen molar-refractivity contribution < 1.29 is 5.10 Å². The molecular weight excluding hydrogens is 218 g/mol. The summed E-state index contributed by atoms with van der Waals surface area (Å²) in [5, 5.41) is 9.84. The van der Waals surface area contributed by atoms with Crippen molar-refractivity contribution in [1.82, 2.24) is 10.3 Å². The van der Waals surface area contributed by atoms with Crippen LogP contribution in [0.4, 0.5) is 0 Å². The van der Waals surface area contributed by atoms with Crippen LogP contribution in [0.3, 0.4) is 0 Å². The molecule has 3 rings (SSSR count). The van der Waals surface area contributed by atoms with Crippen molar-refractivity contribution >= 4 is 22.8 Å². The number of nitrogens with zero attached hydrogens (tertiary/aromatic N) is 1. The Morgan fingerprint density at radius 1 is 1.00 bits per heavy atom. The maximum absolute atomic E-state index is 4.13. The van der Waals surface area contributed by atoms with Crippen LogP contribution in [0.15, 0.2) is 58.3 Å². The Morgan fingerprint density at radius 2 is 1.88 bits per heavy atom. The molecule has 0 aliphatic carbocycles. The minimum absolute atomic E-state index is 0.959. The number of rotatable bonds is 2. The zero-order valence-electron chi connectivity index (χ0n) is 8.47. The lowest BCUT2D eigenvalue weighted by atomic mass is 10.3. The Balaban J connectivity index is 1.94. The van der Waals surface area contributed by atoms with Crippen LogP contribution < -0.4 is 5.10 Å². The van der Waals surface area contributed by atoms with Crippen LogP contribution in [0, 0.1) is 0 Å². The maximum Gasteiger partial charge on any atom is 0.249 e. The largest absolute Gasteiger partial charge is 0.249 e. The molecule has 0 spiro atoms. The second-order valence-corrected chi connectivity index (χ2v) is 4.59. The van der Waals surface area contributed by atoms with Crippen molar-refractivity contribution in [3.05, 3.63) is 48.5 Å². The summed E-state index contributed by atoms with van der Waals surface area (Å²) in [6.45, 7) is 0. The molecule has 3 nitrogen and oxygen atoms in total. The molecule has 4 heteroatoms. The molecule has 2 aromatic carbocycles. The Labute approximate surface area is 96.9 Å². The first-order valence-electron chi connectivity index (χ1n) is 5.00. The first-order chi connectivity index (χ1) is 7.92. The highest BCUT2D eigenvalue weighted by atomic mass is 32.2. The standard InChI is InChI=1S/C12H9N3S/c1-2-4-9(5-3-1)16-10-6-7-11-12(8-10)14-15-13-11/h1-8H,(H,13,14,15)/p+1. The third-order valence-corrected chi connectivity index (χ3v) is 3.31. The Morgan fingerprint density at radius 3 is 2.75 bits per heavy atom. The van der Waals surface area contributed by atoms with Crippen LogP contribution in [0.1, 0.15) is 0 Å². The van der Waals surface area contributed by atoms with Crippen molar-refractivity contribution in [2.75, 3.05) is 0 Å². The van der Waals surface area contributed by atoms with Gasteiger partial charge in [-0.15, -0.1) is 0 Å². The van der Waals surface area contributed by atoms with Gasteiger partial charge in [-0.1, -0.05) is 35.2 Å². The minimum atomic E-state index is 0.959. The van der Waals surface area contributed by atoms with Gasteiger partial charge in [-0.25, -0.2) is 0 Å². The summed E-state index contributed by atoms with van der Waals surface area (Å²) in [5.41, 5.74) is 1.98. The lowest BCUT2D eigenvalue weighted by molar-refractivity contribution is -0.427. The molecule has 0 atom stereocenters. The Hall–Kier alpha value is -1.81. The van der Waals surface area contributed by atoms with Crippen molar-refractivity contribution in [3.8, 4) is 0 Å². The van der Waals surface area contributed by atoms with Crippen molar-refractivity contribution in [1.29, 1.82) is 0 Å². The minimum Gasteiger partial charge on any atom is -0.169 e. The molecule has 78 valence electrons. The number of fused-ring (bicyclic) bond motifs is 1. The molecule has 0 saturated heterocycles. The summed E-state index contributed by atoms with van der Waals surface area (Å²) < 4.78 is 0. The summed E-state index contributed by atoms with van der Waals surface area (Å²) in [4.78, 5) is 2.43. The van der Waals surface area contributed by atoms with Gasteiger partial charge in [-0.2, -0.15) is 5.10 Å². The molecule has 16 heavy (non-hydrogen) atoms. The molecule has 0 saturated carbocycles. The number of hydrogen-bond donors (Lipinski definition) is 1. The summed E-state index contributed by atoms with van der Waals surface area (Å²) in [6.07, 6.45) is 0. The van der Waals surface area contributed by atoms with E-state index in [9.17, 15) is 0 Å². The third-order valence-electron chi connectivity index (χ3n) is 2.32. The number of aromatic amines is 2. The van der Waals surface area contributed by atoms with E-state index in [1.54, 1.807) is 11.8 Å². The average molecular weight is 228 g/mol. The van der Waals surface area contributed by atoms with Gasteiger partial charge < -0.3 is 0 Å². The quantitative estimate of drug-likeness (QED) is 0.732. The number of nitrogens with one attached hydrogen (secondary N) is 2. The number of benzene rings is 2. The SMILES string of the molecule is c1ccc(Sc2ccc3[nH+][nH]nc3c2)cc1. The van der Waals surface area contributed by atoms with E-state index < -0.39 is 0 Å². The first kappa shape index (κ1) is 9.42. The lowest BCUT2D eigenvalue weighted by Gasteiger charge is -1.99. The monoisotopic (exact) mass is 228 g/mol. The predicted octanol–water partition coefficient (Wildman–Crippen LogP) is 2.53. The van der Waals surface area contributed by atoms with Gasteiger partial charge in [-0.3, -0.25) is 0 Å². The molecule has 2 N–H and O–H groups in total. The highest BCUT2D eigenvalue weighted by Crippen LogP contribution is 2.28. The van der Waals surface area contributed by atoms with E-state index in [-0.39, 0.29) is 0 Å². The molecule has 1 aromatic heterocycles. The number of H-pyrrole nitrogens is 2. The first-order valence-corrected chi connectivity index (χ1v) is 5.82. The van der Waals surface area contributed by atoms with E-state index >= 15 is 0 Å². The molecule has 0 unspecified atom stereocenters. The molecule has 0 bridgehead atoms. The fourth-order valence-electron chi connectivity index (χ4n) is 1.55. The van der Waals surface area contributed by atoms with E-state index in [1.165, 1.54) is 9.79 Å². The van der Waals surface area contributed by atoms with Crippen LogP contribution in [-0.4, -0.2) is 10.3 Å².